The first-order valence-electron chi connectivity index (χ1n) is 12.0. The van der Waals surface area contributed by atoms with Crippen LogP contribution in [0.25, 0.3) is 22.5 Å². The van der Waals surface area contributed by atoms with Crippen molar-refractivity contribution < 1.29 is 19.0 Å². The average molecular weight is 478 g/mol. The van der Waals surface area contributed by atoms with Crippen LogP contribution in [-0.2, 0) is 0 Å². The molecule has 182 valence electrons. The van der Waals surface area contributed by atoms with Gasteiger partial charge < -0.3 is 24.8 Å². The van der Waals surface area contributed by atoms with E-state index in [1.54, 1.807) is 18.3 Å². The van der Waals surface area contributed by atoms with E-state index in [2.05, 4.69) is 20.5 Å². The van der Waals surface area contributed by atoms with E-state index in [9.17, 15) is 9.50 Å². The van der Waals surface area contributed by atoms with Crippen LogP contribution in [0.5, 0.6) is 17.2 Å². The molecule has 0 unspecified atom stereocenters. The van der Waals surface area contributed by atoms with Crippen LogP contribution in [0.2, 0.25) is 0 Å². The Hall–Kier alpha value is -3.46. The summed E-state index contributed by atoms with van der Waals surface area (Å²) >= 11 is 0. The van der Waals surface area contributed by atoms with Crippen molar-refractivity contribution in [3.63, 3.8) is 0 Å². The first-order chi connectivity index (χ1) is 16.8. The van der Waals surface area contributed by atoms with Crippen molar-refractivity contribution in [2.45, 2.75) is 63.2 Å². The molecule has 3 aromatic rings. The molecular formula is C26H28FN5O3. The molecule has 0 spiro atoms. The van der Waals surface area contributed by atoms with E-state index in [0.717, 1.165) is 30.4 Å². The number of nitrogens with zero attached hydrogens (tertiary/aromatic N) is 4. The Morgan fingerprint density at radius 1 is 1.06 bits per heavy atom. The molecule has 0 aliphatic carbocycles. The second kappa shape index (κ2) is 8.05. The first-order valence-corrected chi connectivity index (χ1v) is 12.0. The molecular weight excluding hydrogens is 449 g/mol. The van der Waals surface area contributed by atoms with Gasteiger partial charge in [-0.2, -0.15) is 0 Å². The first kappa shape index (κ1) is 22.0. The van der Waals surface area contributed by atoms with Crippen LogP contribution >= 0.6 is 0 Å². The maximum atomic E-state index is 14.9. The predicted molar refractivity (Wildman–Crippen MR) is 129 cm³/mol. The maximum Gasteiger partial charge on any atom is 0.246 e. The molecule has 0 amide bonds. The Kier molecular flexibility index (Phi) is 5.07. The van der Waals surface area contributed by atoms with Crippen molar-refractivity contribution in [1.82, 2.24) is 20.5 Å². The van der Waals surface area contributed by atoms with Gasteiger partial charge in [-0.05, 0) is 54.7 Å². The lowest BCUT2D eigenvalue weighted by Gasteiger charge is -2.38. The van der Waals surface area contributed by atoms with Gasteiger partial charge in [-0.15, -0.1) is 10.2 Å². The minimum absolute atomic E-state index is 0.0437. The molecule has 3 aliphatic heterocycles. The van der Waals surface area contributed by atoms with Crippen molar-refractivity contribution >= 4 is 5.82 Å². The molecule has 1 aromatic heterocycles. The van der Waals surface area contributed by atoms with E-state index >= 15 is 0 Å². The van der Waals surface area contributed by atoms with Crippen molar-refractivity contribution in [3.8, 4) is 39.8 Å². The lowest BCUT2D eigenvalue weighted by atomic mass is 9.96. The van der Waals surface area contributed by atoms with Gasteiger partial charge in [0.15, 0.2) is 23.1 Å². The molecule has 8 nitrogen and oxygen atoms in total. The quantitative estimate of drug-likeness (QED) is 0.581. The zero-order chi connectivity index (χ0) is 24.3. The summed E-state index contributed by atoms with van der Waals surface area (Å²) in [5.41, 5.74) is 2.18. The number of ether oxygens (including phenoxy) is 2. The van der Waals surface area contributed by atoms with Crippen molar-refractivity contribution in [1.29, 1.82) is 0 Å². The number of benzene rings is 2. The highest BCUT2D eigenvalue weighted by atomic mass is 19.1. The topological polar surface area (TPSA) is 92.6 Å². The number of aromatic nitrogens is 3. The van der Waals surface area contributed by atoms with Gasteiger partial charge in [0, 0.05) is 33.0 Å². The number of halogens is 1. The Morgan fingerprint density at radius 2 is 1.83 bits per heavy atom. The third-order valence-electron chi connectivity index (χ3n) is 7.19. The average Bonchev–Trinajstić information content (AvgIpc) is 3.39. The number of piperidine rings is 1. The van der Waals surface area contributed by atoms with E-state index in [-0.39, 0.29) is 17.8 Å². The lowest BCUT2D eigenvalue weighted by molar-refractivity contribution is -0.0431. The summed E-state index contributed by atoms with van der Waals surface area (Å²) in [6, 6.07) is 11.0. The molecule has 35 heavy (non-hydrogen) atoms. The second-order valence-electron chi connectivity index (χ2n) is 10.0. The van der Waals surface area contributed by atoms with E-state index in [1.807, 2.05) is 50.1 Å². The lowest BCUT2D eigenvalue weighted by Crippen LogP contribution is -2.55. The van der Waals surface area contributed by atoms with Crippen LogP contribution in [0, 0.1) is 0 Å². The molecule has 4 atom stereocenters. The Labute approximate surface area is 203 Å². The molecule has 4 heterocycles. The summed E-state index contributed by atoms with van der Waals surface area (Å²) in [6.07, 6.45) is 3.25. The Morgan fingerprint density at radius 3 is 2.60 bits per heavy atom. The van der Waals surface area contributed by atoms with Crippen LogP contribution < -0.4 is 19.7 Å². The minimum atomic E-state index is -0.959. The number of alkyl halides is 1. The highest BCUT2D eigenvalue weighted by Gasteiger charge is 2.44. The molecule has 2 fully saturated rings. The maximum absolute atomic E-state index is 14.9. The third kappa shape index (κ3) is 3.93. The fourth-order valence-corrected chi connectivity index (χ4v) is 5.38. The predicted octanol–water partition coefficient (Wildman–Crippen LogP) is 4.09. The standard InChI is InChI=1S/C26H28FN5O3/c1-26(2)34-21-9-5-15(11-22(21)35-26)14-4-7-17(20(33)10-14)25-28-13-23(30-31-25)32(3)19-12-16-6-8-18(29-16)24(19)27/h4-5,7,9-11,13,16,18-19,24,29,33H,6,8,12H2,1-3H3/t16-,18-,19-,24+/m1/s1. The normalized spacial score (nSPS) is 26.1. The highest BCUT2D eigenvalue weighted by Crippen LogP contribution is 2.42. The molecule has 3 aliphatic rings. The van der Waals surface area contributed by atoms with Gasteiger partial charge in [0.1, 0.15) is 11.9 Å². The summed E-state index contributed by atoms with van der Waals surface area (Å²) in [6.45, 7) is 3.72. The van der Waals surface area contributed by atoms with Crippen LogP contribution in [0.1, 0.15) is 33.1 Å². The van der Waals surface area contributed by atoms with Crippen molar-refractivity contribution in [2.24, 2.45) is 0 Å². The van der Waals surface area contributed by atoms with Gasteiger partial charge in [0.2, 0.25) is 5.79 Å². The summed E-state index contributed by atoms with van der Waals surface area (Å²) in [5.74, 6) is 1.53. The Bertz CT molecular complexity index is 1270. The highest BCUT2D eigenvalue weighted by molar-refractivity contribution is 5.74. The SMILES string of the molecule is CN(c1cnc(-c2ccc(-c3ccc4c(c3)OC(C)(C)O4)cc2O)nn1)[C@@H]1C[C@H]2CC[C@@H](N2)[C@@H]1F. The molecule has 2 N–H and O–H groups in total. The second-order valence-corrected chi connectivity index (χ2v) is 10.0. The fourth-order valence-electron chi connectivity index (χ4n) is 5.38. The van der Waals surface area contributed by atoms with E-state index in [0.29, 0.717) is 34.7 Å². The number of phenols is 1. The summed E-state index contributed by atoms with van der Waals surface area (Å²) in [7, 11) is 1.84. The molecule has 2 saturated heterocycles. The van der Waals surface area contributed by atoms with E-state index in [1.165, 1.54) is 0 Å². The zero-order valence-corrected chi connectivity index (χ0v) is 19.9. The Balaban J connectivity index is 1.21. The van der Waals surface area contributed by atoms with Gasteiger partial charge in [0.25, 0.3) is 0 Å². The van der Waals surface area contributed by atoms with Crippen LogP contribution in [0.3, 0.4) is 0 Å². The molecule has 0 radical (unpaired) electrons. The summed E-state index contributed by atoms with van der Waals surface area (Å²) < 4.78 is 26.5. The smallest absolute Gasteiger partial charge is 0.246 e. The number of rotatable bonds is 4. The molecule has 2 bridgehead atoms. The van der Waals surface area contributed by atoms with Gasteiger partial charge >= 0.3 is 0 Å². The molecule has 6 rings (SSSR count). The number of anilines is 1. The number of hydrogen-bond acceptors (Lipinski definition) is 8. The largest absolute Gasteiger partial charge is 0.507 e. The summed E-state index contributed by atoms with van der Waals surface area (Å²) in [4.78, 5) is 6.26. The molecule has 9 heteroatoms. The van der Waals surface area contributed by atoms with Crippen LogP contribution in [0.4, 0.5) is 10.2 Å². The third-order valence-corrected chi connectivity index (χ3v) is 7.19. The van der Waals surface area contributed by atoms with Crippen molar-refractivity contribution in [3.05, 3.63) is 42.6 Å². The van der Waals surface area contributed by atoms with Gasteiger partial charge in [-0.1, -0.05) is 12.1 Å². The van der Waals surface area contributed by atoms with E-state index < -0.39 is 12.0 Å². The number of hydrogen-bond donors (Lipinski definition) is 2. The van der Waals surface area contributed by atoms with Crippen LogP contribution in [-0.4, -0.2) is 57.4 Å². The van der Waals surface area contributed by atoms with Gasteiger partial charge in [0.05, 0.1) is 17.8 Å². The van der Waals surface area contributed by atoms with Gasteiger partial charge in [-0.25, -0.2) is 9.37 Å². The number of phenolic OH excluding ortho intramolecular Hbond substituents is 1. The molecule has 2 aromatic carbocycles. The number of fused-ring (bicyclic) bond motifs is 3. The zero-order valence-electron chi connectivity index (χ0n) is 19.9. The van der Waals surface area contributed by atoms with Crippen molar-refractivity contribution in [2.75, 3.05) is 11.9 Å². The van der Waals surface area contributed by atoms with E-state index in [4.69, 9.17) is 9.47 Å². The van der Waals surface area contributed by atoms with Crippen LogP contribution in [0.15, 0.2) is 42.6 Å². The van der Waals surface area contributed by atoms with Gasteiger partial charge in [-0.3, -0.25) is 0 Å². The number of aromatic hydroxyl groups is 1. The monoisotopic (exact) mass is 477 g/mol. The number of nitrogens with one attached hydrogen (secondary N) is 1. The molecule has 0 saturated carbocycles. The summed E-state index contributed by atoms with van der Waals surface area (Å²) in [5, 5.41) is 22.6. The fraction of sp³-hybridized carbons (Fsp3) is 0.423. The minimum Gasteiger partial charge on any atom is -0.507 e.